The number of carbonyl (C=O) groups excluding carboxylic acids is 1. The van der Waals surface area contributed by atoms with Crippen molar-refractivity contribution in [3.05, 3.63) is 70.8 Å². The Labute approximate surface area is 160 Å². The summed E-state index contributed by atoms with van der Waals surface area (Å²) in [6, 6.07) is 9.33. The van der Waals surface area contributed by atoms with Gasteiger partial charge in [-0.05, 0) is 49.2 Å². The van der Waals surface area contributed by atoms with E-state index < -0.39 is 5.82 Å². The van der Waals surface area contributed by atoms with E-state index in [4.69, 9.17) is 16.3 Å². The number of anilines is 2. The van der Waals surface area contributed by atoms with Crippen molar-refractivity contribution in [3.63, 3.8) is 0 Å². The summed E-state index contributed by atoms with van der Waals surface area (Å²) in [7, 11) is 0. The van der Waals surface area contributed by atoms with Crippen molar-refractivity contribution < 1.29 is 13.9 Å². The van der Waals surface area contributed by atoms with Crippen molar-refractivity contribution in [1.29, 1.82) is 0 Å². The summed E-state index contributed by atoms with van der Waals surface area (Å²) in [4.78, 5) is 12.2. The van der Waals surface area contributed by atoms with E-state index in [1.54, 1.807) is 6.20 Å². The molecule has 0 atom stereocenters. The van der Waals surface area contributed by atoms with Crippen molar-refractivity contribution in [2.75, 3.05) is 10.6 Å². The first kappa shape index (κ1) is 18.7. The van der Waals surface area contributed by atoms with Crippen molar-refractivity contribution in [3.8, 4) is 5.75 Å². The average Bonchev–Trinajstić information content (AvgIpc) is 3.04. The molecule has 0 unspecified atom stereocenters. The van der Waals surface area contributed by atoms with E-state index >= 15 is 0 Å². The highest BCUT2D eigenvalue weighted by atomic mass is 35.5. The molecular formula is C19H18ClFN4O2. The van der Waals surface area contributed by atoms with E-state index in [1.807, 2.05) is 32.0 Å². The number of benzene rings is 2. The molecule has 0 aliphatic carbocycles. The molecule has 1 heterocycles. The lowest BCUT2D eigenvalue weighted by atomic mass is 10.1. The molecule has 8 heteroatoms. The van der Waals surface area contributed by atoms with Crippen molar-refractivity contribution in [2.24, 2.45) is 0 Å². The fourth-order valence-electron chi connectivity index (χ4n) is 2.38. The first-order valence-corrected chi connectivity index (χ1v) is 8.54. The van der Waals surface area contributed by atoms with E-state index in [2.05, 4.69) is 15.7 Å². The van der Waals surface area contributed by atoms with Crippen molar-refractivity contribution in [2.45, 2.75) is 20.6 Å². The smallest absolute Gasteiger partial charge is 0.323 e. The van der Waals surface area contributed by atoms with Crippen molar-refractivity contribution in [1.82, 2.24) is 9.78 Å². The molecule has 0 fully saturated rings. The third-order valence-electron chi connectivity index (χ3n) is 3.78. The Hall–Kier alpha value is -3.06. The number of halogens is 2. The average molecular weight is 389 g/mol. The lowest BCUT2D eigenvalue weighted by molar-refractivity contribution is 0.221. The SMILES string of the molecule is Cc1ccc(C)c(NC(=O)Nc2cnn(COc3ccc(F)cc3Cl)c2)c1. The van der Waals surface area contributed by atoms with Crippen LogP contribution in [0.5, 0.6) is 5.75 Å². The van der Waals surface area contributed by atoms with Crippen LogP contribution in [0.4, 0.5) is 20.6 Å². The fraction of sp³-hybridized carbons (Fsp3) is 0.158. The van der Waals surface area contributed by atoms with Gasteiger partial charge in [-0.15, -0.1) is 0 Å². The lowest BCUT2D eigenvalue weighted by Gasteiger charge is -2.10. The highest BCUT2D eigenvalue weighted by molar-refractivity contribution is 6.32. The van der Waals surface area contributed by atoms with Gasteiger partial charge in [0.1, 0.15) is 11.6 Å². The zero-order valence-electron chi connectivity index (χ0n) is 14.8. The summed E-state index contributed by atoms with van der Waals surface area (Å²) in [5.74, 6) is -0.0940. The third-order valence-corrected chi connectivity index (χ3v) is 4.07. The minimum absolute atomic E-state index is 0.0612. The van der Waals surface area contributed by atoms with Gasteiger partial charge in [0.05, 0.1) is 23.1 Å². The van der Waals surface area contributed by atoms with Gasteiger partial charge in [-0.1, -0.05) is 23.7 Å². The molecule has 1 aromatic heterocycles. The second-order valence-electron chi connectivity index (χ2n) is 6.01. The van der Waals surface area contributed by atoms with Crippen LogP contribution in [0.3, 0.4) is 0 Å². The minimum atomic E-state index is -0.437. The third kappa shape index (κ3) is 4.98. The minimum Gasteiger partial charge on any atom is -0.470 e. The molecule has 0 saturated carbocycles. The topological polar surface area (TPSA) is 68.2 Å². The van der Waals surface area contributed by atoms with Gasteiger partial charge in [0, 0.05) is 5.69 Å². The monoisotopic (exact) mass is 388 g/mol. The fourth-order valence-corrected chi connectivity index (χ4v) is 2.60. The molecular weight excluding hydrogens is 371 g/mol. The number of aryl methyl sites for hydroxylation is 2. The number of amides is 2. The Morgan fingerprint density at radius 2 is 2.04 bits per heavy atom. The van der Waals surface area contributed by atoms with Gasteiger partial charge in [0.2, 0.25) is 0 Å². The standard InChI is InChI=1S/C19H18ClFN4O2/c1-12-3-4-13(2)17(7-12)24-19(26)23-15-9-22-25(10-15)11-27-18-6-5-14(21)8-16(18)20/h3-10H,11H2,1-2H3,(H2,23,24,26). The molecule has 0 saturated heterocycles. The largest absolute Gasteiger partial charge is 0.470 e. The first-order chi connectivity index (χ1) is 12.9. The van der Waals surface area contributed by atoms with Gasteiger partial charge in [-0.3, -0.25) is 0 Å². The van der Waals surface area contributed by atoms with Crippen LogP contribution in [-0.4, -0.2) is 15.8 Å². The van der Waals surface area contributed by atoms with Crippen LogP contribution in [-0.2, 0) is 6.73 Å². The van der Waals surface area contributed by atoms with Gasteiger partial charge < -0.3 is 15.4 Å². The molecule has 2 amide bonds. The number of ether oxygens (including phenoxy) is 1. The number of nitrogens with one attached hydrogen (secondary N) is 2. The molecule has 0 aliphatic rings. The molecule has 0 aliphatic heterocycles. The molecule has 2 aromatic carbocycles. The number of nitrogens with zero attached hydrogens (tertiary/aromatic N) is 2. The number of aromatic nitrogens is 2. The number of hydrogen-bond acceptors (Lipinski definition) is 3. The van der Waals surface area contributed by atoms with Crippen LogP contribution in [0, 0.1) is 19.7 Å². The highest BCUT2D eigenvalue weighted by Gasteiger charge is 2.08. The maximum atomic E-state index is 13.0. The van der Waals surface area contributed by atoms with Gasteiger partial charge in [-0.2, -0.15) is 5.10 Å². The van der Waals surface area contributed by atoms with Crippen LogP contribution in [0.1, 0.15) is 11.1 Å². The van der Waals surface area contributed by atoms with Gasteiger partial charge in [-0.25, -0.2) is 13.9 Å². The zero-order chi connectivity index (χ0) is 19.4. The molecule has 0 bridgehead atoms. The van der Waals surface area contributed by atoms with E-state index in [1.165, 1.54) is 29.1 Å². The Kier molecular flexibility index (Phi) is 5.61. The van der Waals surface area contributed by atoms with E-state index in [0.29, 0.717) is 11.4 Å². The predicted octanol–water partition coefficient (Wildman–Crippen LogP) is 4.97. The zero-order valence-corrected chi connectivity index (χ0v) is 15.5. The maximum Gasteiger partial charge on any atom is 0.323 e. The quantitative estimate of drug-likeness (QED) is 0.648. The van der Waals surface area contributed by atoms with E-state index in [-0.39, 0.29) is 17.8 Å². The number of rotatable bonds is 5. The Bertz CT molecular complexity index is 974. The normalized spacial score (nSPS) is 10.5. The molecule has 0 spiro atoms. The highest BCUT2D eigenvalue weighted by Crippen LogP contribution is 2.25. The maximum absolute atomic E-state index is 13.0. The van der Waals surface area contributed by atoms with Crippen LogP contribution in [0.2, 0.25) is 5.02 Å². The van der Waals surface area contributed by atoms with E-state index in [9.17, 15) is 9.18 Å². The number of hydrogen-bond donors (Lipinski definition) is 2. The van der Waals surface area contributed by atoms with Crippen LogP contribution in [0.15, 0.2) is 48.8 Å². The Balaban J connectivity index is 1.57. The van der Waals surface area contributed by atoms with Crippen LogP contribution >= 0.6 is 11.6 Å². The second-order valence-corrected chi connectivity index (χ2v) is 6.42. The molecule has 140 valence electrons. The molecule has 0 radical (unpaired) electrons. The molecule has 6 nitrogen and oxygen atoms in total. The summed E-state index contributed by atoms with van der Waals surface area (Å²) in [5.41, 5.74) is 3.28. The number of urea groups is 1. The molecule has 27 heavy (non-hydrogen) atoms. The summed E-state index contributed by atoms with van der Waals surface area (Å²) in [6.07, 6.45) is 3.11. The predicted molar refractivity (Wildman–Crippen MR) is 103 cm³/mol. The summed E-state index contributed by atoms with van der Waals surface area (Å²) >= 11 is 5.91. The van der Waals surface area contributed by atoms with Gasteiger partial charge in [0.15, 0.2) is 6.73 Å². The van der Waals surface area contributed by atoms with Gasteiger partial charge >= 0.3 is 6.03 Å². The van der Waals surface area contributed by atoms with Gasteiger partial charge in [0.25, 0.3) is 0 Å². The van der Waals surface area contributed by atoms with E-state index in [0.717, 1.165) is 16.8 Å². The number of carbonyl (C=O) groups is 1. The lowest BCUT2D eigenvalue weighted by Crippen LogP contribution is -2.19. The Morgan fingerprint density at radius 1 is 1.22 bits per heavy atom. The molecule has 2 N–H and O–H groups in total. The summed E-state index contributed by atoms with van der Waals surface area (Å²) < 4.78 is 20.0. The summed E-state index contributed by atoms with van der Waals surface area (Å²) in [6.45, 7) is 3.94. The van der Waals surface area contributed by atoms with Crippen LogP contribution in [0.25, 0.3) is 0 Å². The van der Waals surface area contributed by atoms with Crippen LogP contribution < -0.4 is 15.4 Å². The molecule has 3 rings (SSSR count). The Morgan fingerprint density at radius 3 is 2.81 bits per heavy atom. The second kappa shape index (κ2) is 8.09. The summed E-state index contributed by atoms with van der Waals surface area (Å²) in [5, 5.41) is 9.79. The molecule has 3 aromatic rings. The first-order valence-electron chi connectivity index (χ1n) is 8.16. The van der Waals surface area contributed by atoms with Crippen molar-refractivity contribution >= 4 is 29.0 Å².